The van der Waals surface area contributed by atoms with Gasteiger partial charge in [-0.3, -0.25) is 0 Å². The van der Waals surface area contributed by atoms with Crippen LogP contribution in [-0.2, 0) is 0 Å². The van der Waals surface area contributed by atoms with Gasteiger partial charge in [-0.1, -0.05) is 85.7 Å². The molecule has 194 valence electrons. The first-order chi connectivity index (χ1) is 17.6. The van der Waals surface area contributed by atoms with E-state index in [0.29, 0.717) is 24.3 Å². The number of rotatable bonds is 8. The summed E-state index contributed by atoms with van der Waals surface area (Å²) in [6.45, 7) is 16.1. The largest absolute Gasteiger partial charge is 0.479 e. The van der Waals surface area contributed by atoms with Crippen LogP contribution in [0.5, 0.6) is 11.5 Å². The quantitative estimate of drug-likeness (QED) is 0.367. The van der Waals surface area contributed by atoms with Crippen molar-refractivity contribution >= 4 is 0 Å². The highest BCUT2D eigenvalue weighted by Gasteiger charge is 2.10. The van der Waals surface area contributed by atoms with Gasteiger partial charge in [0.05, 0.1) is 12.1 Å². The second kappa shape index (κ2) is 27.2. The Morgan fingerprint density at radius 3 is 1.58 bits per heavy atom. The molecule has 0 bridgehead atoms. The molecule has 2 aromatic rings. The Morgan fingerprint density at radius 2 is 1.08 bits per heavy atom. The fourth-order valence-electron chi connectivity index (χ4n) is 2.64. The Hall–Kier alpha value is -4.00. The van der Waals surface area contributed by atoms with Crippen LogP contribution in [0.3, 0.4) is 0 Å². The van der Waals surface area contributed by atoms with Gasteiger partial charge in [0, 0.05) is 12.8 Å². The van der Waals surface area contributed by atoms with Gasteiger partial charge in [-0.25, -0.2) is 0 Å². The van der Waals surface area contributed by atoms with Crippen molar-refractivity contribution in [2.24, 2.45) is 0 Å². The molecule has 0 heterocycles. The highest BCUT2D eigenvalue weighted by Crippen LogP contribution is 2.28. The minimum absolute atomic E-state index is 0.0380. The highest BCUT2D eigenvalue weighted by atomic mass is 16.5. The zero-order valence-corrected chi connectivity index (χ0v) is 23.2. The van der Waals surface area contributed by atoms with E-state index in [1.54, 1.807) is 0 Å². The fourth-order valence-corrected chi connectivity index (χ4v) is 2.64. The molecule has 2 aromatic carbocycles. The van der Waals surface area contributed by atoms with E-state index in [0.717, 1.165) is 11.1 Å². The van der Waals surface area contributed by atoms with E-state index in [1.165, 1.54) is 0 Å². The molecule has 0 aliphatic carbocycles. The summed E-state index contributed by atoms with van der Waals surface area (Å²) < 4.78 is 10.4. The molecule has 6 nitrogen and oxygen atoms in total. The van der Waals surface area contributed by atoms with Crippen molar-refractivity contribution in [2.75, 3.05) is 13.2 Å². The number of hydrogen-bond acceptors (Lipinski definition) is 6. The van der Waals surface area contributed by atoms with Gasteiger partial charge in [-0.05, 0) is 41.2 Å². The van der Waals surface area contributed by atoms with Gasteiger partial charge >= 0.3 is 0 Å². The van der Waals surface area contributed by atoms with Crippen molar-refractivity contribution in [1.29, 1.82) is 21.0 Å². The first-order valence-electron chi connectivity index (χ1n) is 12.5. The Balaban J connectivity index is -0.000000501. The molecule has 36 heavy (non-hydrogen) atoms. The van der Waals surface area contributed by atoms with Crippen molar-refractivity contribution in [2.45, 2.75) is 80.1 Å². The molecule has 2 atom stereocenters. The van der Waals surface area contributed by atoms with Crippen LogP contribution < -0.4 is 9.47 Å². The maximum Gasteiger partial charge on any atom is 0.174 e. The number of nitriles is 4. The third-order valence-corrected chi connectivity index (χ3v) is 4.29. The van der Waals surface area contributed by atoms with E-state index in [2.05, 4.69) is 12.1 Å². The van der Waals surface area contributed by atoms with Gasteiger partial charge < -0.3 is 9.47 Å². The van der Waals surface area contributed by atoms with Crippen LogP contribution in [-0.4, -0.2) is 13.2 Å². The molecule has 0 spiro atoms. The van der Waals surface area contributed by atoms with Gasteiger partial charge in [-0.2, -0.15) is 21.0 Å². The maximum atomic E-state index is 8.62. The molecule has 0 fully saturated rings. The minimum atomic E-state index is 0.0380. The van der Waals surface area contributed by atoms with Gasteiger partial charge in [0.2, 0.25) is 0 Å². The minimum Gasteiger partial charge on any atom is -0.479 e. The third kappa shape index (κ3) is 16.6. The zero-order valence-electron chi connectivity index (χ0n) is 23.2. The molecule has 2 rings (SSSR count). The van der Waals surface area contributed by atoms with Crippen molar-refractivity contribution in [3.8, 4) is 35.8 Å². The maximum absolute atomic E-state index is 8.62. The first-order valence-corrected chi connectivity index (χ1v) is 12.5. The molecule has 0 N–H and O–H groups in total. The Bertz CT molecular complexity index is 945. The van der Waals surface area contributed by atoms with Crippen molar-refractivity contribution in [3.63, 3.8) is 0 Å². The summed E-state index contributed by atoms with van der Waals surface area (Å²) >= 11 is 0. The molecule has 0 saturated heterocycles. The smallest absolute Gasteiger partial charge is 0.174 e. The summed E-state index contributed by atoms with van der Waals surface area (Å²) in [5, 5.41) is 33.9. The van der Waals surface area contributed by atoms with E-state index < -0.39 is 0 Å². The lowest BCUT2D eigenvalue weighted by molar-refractivity contribution is 0.362. The molecule has 0 aliphatic heterocycles. The van der Waals surface area contributed by atoms with Crippen LogP contribution in [0.25, 0.3) is 0 Å². The van der Waals surface area contributed by atoms with Crippen molar-refractivity contribution in [1.82, 2.24) is 0 Å². The molecule has 0 radical (unpaired) electrons. The summed E-state index contributed by atoms with van der Waals surface area (Å²) in [5.41, 5.74) is 2.09. The van der Waals surface area contributed by atoms with E-state index in [4.69, 9.17) is 30.5 Å². The first kappa shape index (κ1) is 36.6. The second-order valence-electron chi connectivity index (χ2n) is 6.53. The Kier molecular flexibility index (Phi) is 27.7. The fraction of sp³-hybridized carbons (Fsp3) is 0.467. The van der Waals surface area contributed by atoms with Crippen LogP contribution in [0.2, 0.25) is 0 Å². The van der Waals surface area contributed by atoms with Gasteiger partial charge in [0.25, 0.3) is 0 Å². The van der Waals surface area contributed by atoms with Gasteiger partial charge in [0.15, 0.2) is 13.2 Å². The molecule has 6 heteroatoms. The number of benzene rings is 2. The monoisotopic (exact) mass is 490 g/mol. The Morgan fingerprint density at radius 1 is 0.611 bits per heavy atom. The van der Waals surface area contributed by atoms with Gasteiger partial charge in [0.1, 0.15) is 23.6 Å². The number of ether oxygens (including phenoxy) is 2. The lowest BCUT2D eigenvalue weighted by atomic mass is 9.97. The molecular formula is C30H42N4O2. The molecule has 0 amide bonds. The second-order valence-corrected chi connectivity index (χ2v) is 6.53. The van der Waals surface area contributed by atoms with Crippen LogP contribution in [0.1, 0.15) is 91.2 Å². The SMILES string of the molecule is CC.CC.CC.CC(CC#N)c1ccc(OCC#N)cc1.CC(CC#N)c1ccccc1OCC#N. The molecular weight excluding hydrogens is 448 g/mol. The molecule has 0 aliphatic rings. The van der Waals surface area contributed by atoms with Crippen LogP contribution in [0.4, 0.5) is 0 Å². The van der Waals surface area contributed by atoms with Crippen LogP contribution in [0, 0.1) is 45.3 Å². The number of hydrogen-bond donors (Lipinski definition) is 0. The predicted molar refractivity (Wildman–Crippen MR) is 146 cm³/mol. The van der Waals surface area contributed by atoms with Gasteiger partial charge in [-0.15, -0.1) is 0 Å². The van der Waals surface area contributed by atoms with Crippen molar-refractivity contribution < 1.29 is 9.47 Å². The summed E-state index contributed by atoms with van der Waals surface area (Å²) in [7, 11) is 0. The van der Waals surface area contributed by atoms with E-state index in [-0.39, 0.29) is 25.0 Å². The van der Waals surface area contributed by atoms with E-state index in [9.17, 15) is 0 Å². The average Bonchev–Trinajstić information content (AvgIpc) is 2.95. The summed E-state index contributed by atoms with van der Waals surface area (Å²) in [5.74, 6) is 1.75. The van der Waals surface area contributed by atoms with Crippen LogP contribution >= 0.6 is 0 Å². The van der Waals surface area contributed by atoms with E-state index in [1.807, 2.05) is 116 Å². The number of nitrogens with zero attached hydrogens (tertiary/aromatic N) is 4. The average molecular weight is 491 g/mol. The van der Waals surface area contributed by atoms with Crippen LogP contribution in [0.15, 0.2) is 48.5 Å². The summed E-state index contributed by atoms with van der Waals surface area (Å²) in [6.07, 6.45) is 0.964. The Labute approximate surface area is 219 Å². The molecule has 0 aromatic heterocycles. The normalized spacial score (nSPS) is 9.78. The standard InChI is InChI=1S/2C12H12N2O.3C2H6/c1-10(6-7-13)11-2-4-12(5-3-11)15-9-8-14;1-10(6-7-13)11-4-2-3-5-12(11)15-9-8-14;3*1-2/h2*2-5,10H,6,9H2,1H3;3*1-2H3. The van der Waals surface area contributed by atoms with E-state index >= 15 is 0 Å². The number of para-hydroxylation sites is 1. The third-order valence-electron chi connectivity index (χ3n) is 4.29. The topological polar surface area (TPSA) is 114 Å². The van der Waals surface area contributed by atoms with Crippen molar-refractivity contribution in [3.05, 3.63) is 59.7 Å². The summed E-state index contributed by atoms with van der Waals surface area (Å²) in [4.78, 5) is 0. The molecule has 0 saturated carbocycles. The molecule has 2 unspecified atom stereocenters. The zero-order chi connectivity index (χ0) is 28.2. The lowest BCUT2D eigenvalue weighted by Crippen LogP contribution is -2.00. The lowest BCUT2D eigenvalue weighted by Gasteiger charge is -2.12. The summed E-state index contributed by atoms with van der Waals surface area (Å²) in [6, 6.07) is 23.1. The highest BCUT2D eigenvalue weighted by molar-refractivity contribution is 5.36. The predicted octanol–water partition coefficient (Wildman–Crippen LogP) is 8.29.